The molecule has 2 aromatic rings. The van der Waals surface area contributed by atoms with Crippen LogP contribution >= 0.6 is 0 Å². The molecule has 2 aliphatic rings. The summed E-state index contributed by atoms with van der Waals surface area (Å²) in [5.74, 6) is -0.981. The molecule has 1 N–H and O–H groups in total. The molecular formula is C24H27N3O5S. The van der Waals surface area contributed by atoms with E-state index in [1.54, 1.807) is 31.2 Å². The van der Waals surface area contributed by atoms with Crippen molar-refractivity contribution in [3.8, 4) is 0 Å². The molecule has 2 atom stereocenters. The Balaban J connectivity index is 1.61. The van der Waals surface area contributed by atoms with Crippen LogP contribution in [0.15, 0.2) is 60.7 Å². The number of benzene rings is 2. The van der Waals surface area contributed by atoms with E-state index >= 15 is 0 Å². The second-order valence-electron chi connectivity index (χ2n) is 8.49. The smallest absolute Gasteiger partial charge is 0.325 e. The fraction of sp³-hybridized carbons (Fsp3) is 0.375. The van der Waals surface area contributed by atoms with E-state index in [0.717, 1.165) is 10.5 Å². The van der Waals surface area contributed by atoms with Crippen molar-refractivity contribution < 1.29 is 22.8 Å². The number of imide groups is 1. The third-order valence-electron chi connectivity index (χ3n) is 6.36. The maximum absolute atomic E-state index is 13.7. The third-order valence-corrected chi connectivity index (χ3v) is 8.11. The van der Waals surface area contributed by atoms with Crippen molar-refractivity contribution >= 4 is 27.7 Å². The molecule has 0 aromatic heterocycles. The Kier molecular flexibility index (Phi) is 6.25. The standard InChI is InChI=1S/C24H27N3O5S/c1-2-26(20-13-14-33(31,32)17-20)21(28)16-27-22(29)24(25-23(27)30,19-11-7-4-8-12-19)15-18-9-5-3-6-10-18/h3-12,20H,2,13-17H2,1H3,(H,25,30). The lowest BCUT2D eigenvalue weighted by atomic mass is 9.83. The molecule has 2 fully saturated rings. The summed E-state index contributed by atoms with van der Waals surface area (Å²) in [6.45, 7) is 1.63. The average molecular weight is 470 g/mol. The molecule has 0 saturated carbocycles. The monoisotopic (exact) mass is 469 g/mol. The van der Waals surface area contributed by atoms with Gasteiger partial charge < -0.3 is 10.2 Å². The number of nitrogens with one attached hydrogen (secondary N) is 1. The molecule has 0 radical (unpaired) electrons. The Morgan fingerprint density at radius 1 is 1.09 bits per heavy atom. The largest absolute Gasteiger partial charge is 0.337 e. The van der Waals surface area contributed by atoms with Gasteiger partial charge in [-0.3, -0.25) is 14.5 Å². The number of hydrogen-bond acceptors (Lipinski definition) is 5. The van der Waals surface area contributed by atoms with Crippen molar-refractivity contribution in [2.75, 3.05) is 24.6 Å². The minimum atomic E-state index is -3.18. The fourth-order valence-electron chi connectivity index (χ4n) is 4.70. The topological polar surface area (TPSA) is 104 Å². The van der Waals surface area contributed by atoms with Crippen LogP contribution in [-0.4, -0.2) is 66.7 Å². The van der Waals surface area contributed by atoms with Gasteiger partial charge >= 0.3 is 6.03 Å². The molecule has 0 bridgehead atoms. The number of sulfone groups is 1. The van der Waals surface area contributed by atoms with E-state index < -0.39 is 45.8 Å². The predicted molar refractivity (Wildman–Crippen MR) is 123 cm³/mol. The lowest BCUT2D eigenvalue weighted by molar-refractivity contribution is -0.140. The van der Waals surface area contributed by atoms with Gasteiger partial charge in [0.1, 0.15) is 6.54 Å². The summed E-state index contributed by atoms with van der Waals surface area (Å²) in [7, 11) is -3.18. The first-order valence-corrected chi connectivity index (χ1v) is 12.8. The van der Waals surface area contributed by atoms with E-state index in [-0.39, 0.29) is 17.9 Å². The minimum Gasteiger partial charge on any atom is -0.337 e. The molecule has 174 valence electrons. The molecule has 2 heterocycles. The summed E-state index contributed by atoms with van der Waals surface area (Å²) in [6, 6.07) is 17.3. The SMILES string of the molecule is CCN(C(=O)CN1C(=O)NC(Cc2ccccc2)(c2ccccc2)C1=O)C1CCS(=O)(=O)C1. The first kappa shape index (κ1) is 23.0. The summed E-state index contributed by atoms with van der Waals surface area (Å²) in [6.07, 6.45) is 0.607. The van der Waals surface area contributed by atoms with Crippen LogP contribution in [0.25, 0.3) is 0 Å². The number of amides is 4. The van der Waals surface area contributed by atoms with Gasteiger partial charge in [0.25, 0.3) is 5.91 Å². The summed E-state index contributed by atoms with van der Waals surface area (Å²) in [5, 5.41) is 2.85. The Bertz CT molecular complexity index is 1150. The van der Waals surface area contributed by atoms with Gasteiger partial charge in [-0.15, -0.1) is 0 Å². The van der Waals surface area contributed by atoms with Gasteiger partial charge in [0, 0.05) is 19.0 Å². The zero-order valence-corrected chi connectivity index (χ0v) is 19.3. The highest BCUT2D eigenvalue weighted by Gasteiger charge is 2.53. The average Bonchev–Trinajstić information content (AvgIpc) is 3.27. The van der Waals surface area contributed by atoms with Crippen LogP contribution in [-0.2, 0) is 31.4 Å². The molecule has 8 nitrogen and oxygen atoms in total. The minimum absolute atomic E-state index is 0.0404. The zero-order chi connectivity index (χ0) is 23.6. The van der Waals surface area contributed by atoms with E-state index in [2.05, 4.69) is 5.32 Å². The van der Waals surface area contributed by atoms with Gasteiger partial charge in [-0.2, -0.15) is 0 Å². The molecule has 9 heteroatoms. The van der Waals surface area contributed by atoms with Crippen molar-refractivity contribution in [1.82, 2.24) is 15.1 Å². The highest BCUT2D eigenvalue weighted by molar-refractivity contribution is 7.91. The lowest BCUT2D eigenvalue weighted by Gasteiger charge is -2.29. The van der Waals surface area contributed by atoms with Gasteiger partial charge in [0.2, 0.25) is 5.91 Å². The van der Waals surface area contributed by atoms with Crippen molar-refractivity contribution in [2.45, 2.75) is 31.3 Å². The number of nitrogens with zero attached hydrogens (tertiary/aromatic N) is 2. The second-order valence-corrected chi connectivity index (χ2v) is 10.7. The molecule has 33 heavy (non-hydrogen) atoms. The molecular weight excluding hydrogens is 442 g/mol. The molecule has 0 spiro atoms. The Hall–Kier alpha value is -3.20. The molecule has 4 rings (SSSR count). The van der Waals surface area contributed by atoms with E-state index in [0.29, 0.717) is 18.5 Å². The number of carbonyl (C=O) groups excluding carboxylic acids is 3. The predicted octanol–water partition coefficient (Wildman–Crippen LogP) is 1.71. The van der Waals surface area contributed by atoms with Gasteiger partial charge in [-0.1, -0.05) is 60.7 Å². The van der Waals surface area contributed by atoms with E-state index in [1.165, 1.54) is 4.90 Å². The highest BCUT2D eigenvalue weighted by atomic mass is 32.2. The van der Waals surface area contributed by atoms with Gasteiger partial charge in [-0.25, -0.2) is 13.2 Å². The molecule has 4 amide bonds. The molecule has 0 aliphatic carbocycles. The van der Waals surface area contributed by atoms with Gasteiger partial charge in [0.05, 0.1) is 11.5 Å². The Morgan fingerprint density at radius 3 is 2.30 bits per heavy atom. The molecule has 2 saturated heterocycles. The first-order valence-electron chi connectivity index (χ1n) is 11.0. The van der Waals surface area contributed by atoms with E-state index in [4.69, 9.17) is 0 Å². The summed E-state index contributed by atoms with van der Waals surface area (Å²) >= 11 is 0. The summed E-state index contributed by atoms with van der Waals surface area (Å²) in [4.78, 5) is 42.1. The Labute approximate surface area is 193 Å². The number of hydrogen-bond donors (Lipinski definition) is 1. The number of carbonyl (C=O) groups is 3. The van der Waals surface area contributed by atoms with Gasteiger partial charge in [0.15, 0.2) is 15.4 Å². The van der Waals surface area contributed by atoms with Crippen LogP contribution in [0.4, 0.5) is 4.79 Å². The highest BCUT2D eigenvalue weighted by Crippen LogP contribution is 2.33. The number of urea groups is 1. The first-order chi connectivity index (χ1) is 15.8. The van der Waals surface area contributed by atoms with Crippen LogP contribution in [0.3, 0.4) is 0 Å². The van der Waals surface area contributed by atoms with Crippen LogP contribution in [0.2, 0.25) is 0 Å². The molecule has 2 aromatic carbocycles. The number of rotatable bonds is 7. The van der Waals surface area contributed by atoms with Crippen LogP contribution in [0.1, 0.15) is 24.5 Å². The normalized spacial score (nSPS) is 24.0. The van der Waals surface area contributed by atoms with Crippen LogP contribution in [0, 0.1) is 0 Å². The van der Waals surface area contributed by atoms with Crippen molar-refractivity contribution in [2.24, 2.45) is 0 Å². The lowest BCUT2D eigenvalue weighted by Crippen LogP contribution is -2.49. The number of likely N-dealkylation sites (N-methyl/N-ethyl adjacent to an activating group) is 1. The van der Waals surface area contributed by atoms with Crippen molar-refractivity contribution in [3.05, 3.63) is 71.8 Å². The quantitative estimate of drug-likeness (QED) is 0.622. The van der Waals surface area contributed by atoms with Crippen LogP contribution < -0.4 is 5.32 Å². The van der Waals surface area contributed by atoms with E-state index in [9.17, 15) is 22.8 Å². The van der Waals surface area contributed by atoms with Gasteiger partial charge in [-0.05, 0) is 24.5 Å². The van der Waals surface area contributed by atoms with Crippen LogP contribution in [0.5, 0.6) is 0 Å². The summed E-state index contributed by atoms with van der Waals surface area (Å²) < 4.78 is 23.8. The van der Waals surface area contributed by atoms with E-state index in [1.807, 2.05) is 36.4 Å². The zero-order valence-electron chi connectivity index (χ0n) is 18.4. The van der Waals surface area contributed by atoms with Crippen molar-refractivity contribution in [1.29, 1.82) is 0 Å². The Morgan fingerprint density at radius 2 is 1.73 bits per heavy atom. The molecule has 2 aliphatic heterocycles. The van der Waals surface area contributed by atoms with Crippen molar-refractivity contribution in [3.63, 3.8) is 0 Å². The molecule has 2 unspecified atom stereocenters. The summed E-state index contributed by atoms with van der Waals surface area (Å²) in [5.41, 5.74) is 0.180. The maximum Gasteiger partial charge on any atom is 0.325 e. The fourth-order valence-corrected chi connectivity index (χ4v) is 6.43. The maximum atomic E-state index is 13.7. The third kappa shape index (κ3) is 4.50. The second kappa shape index (κ2) is 8.97.